The Bertz CT molecular complexity index is 223. The van der Waals surface area contributed by atoms with Crippen LogP contribution < -0.4 is 0 Å². The third-order valence-electron chi connectivity index (χ3n) is 1.87. The first-order valence-electron chi connectivity index (χ1n) is 4.61. The summed E-state index contributed by atoms with van der Waals surface area (Å²) in [5.74, 6) is -3.74. The molecule has 6 heteroatoms. The zero-order valence-corrected chi connectivity index (χ0v) is 8.60. The second-order valence-electron chi connectivity index (χ2n) is 3.34. The molecule has 0 saturated carbocycles. The van der Waals surface area contributed by atoms with Crippen LogP contribution >= 0.6 is 0 Å². The van der Waals surface area contributed by atoms with Gasteiger partial charge >= 0.3 is 11.9 Å². The molecule has 0 aliphatic heterocycles. The molecular weight excluding hydrogens is 204 g/mol. The predicted octanol–water partition coefficient (Wildman–Crippen LogP) is -0.125. The van der Waals surface area contributed by atoms with Crippen molar-refractivity contribution in [3.63, 3.8) is 0 Å². The molecule has 88 valence electrons. The molecule has 0 aromatic rings. The van der Waals surface area contributed by atoms with Gasteiger partial charge in [-0.05, 0) is 12.8 Å². The fourth-order valence-corrected chi connectivity index (χ4v) is 1.08. The van der Waals surface area contributed by atoms with Crippen LogP contribution in [0.5, 0.6) is 0 Å². The van der Waals surface area contributed by atoms with Gasteiger partial charge in [-0.15, -0.1) is 0 Å². The minimum atomic E-state index is -2.11. The van der Waals surface area contributed by atoms with Gasteiger partial charge in [-0.2, -0.15) is 0 Å². The summed E-state index contributed by atoms with van der Waals surface area (Å²) in [7, 11) is 1.16. The van der Waals surface area contributed by atoms with Crippen molar-refractivity contribution >= 4 is 11.9 Å². The first-order chi connectivity index (χ1) is 6.87. The van der Waals surface area contributed by atoms with E-state index >= 15 is 0 Å². The van der Waals surface area contributed by atoms with E-state index < -0.39 is 24.1 Å². The van der Waals surface area contributed by atoms with E-state index in [1.54, 1.807) is 0 Å². The molecule has 0 bridgehead atoms. The first-order valence-corrected chi connectivity index (χ1v) is 4.61. The third kappa shape index (κ3) is 7.90. The minimum absolute atomic E-state index is 0.0195. The molecule has 0 radical (unpaired) electrons. The second-order valence-corrected chi connectivity index (χ2v) is 3.34. The number of carboxylic acid groups (broad SMARTS) is 1. The van der Waals surface area contributed by atoms with Gasteiger partial charge in [-0.1, -0.05) is 0 Å². The zero-order valence-electron chi connectivity index (χ0n) is 8.60. The highest BCUT2D eigenvalue weighted by Crippen LogP contribution is 2.16. The molecule has 15 heavy (non-hydrogen) atoms. The van der Waals surface area contributed by atoms with Crippen molar-refractivity contribution in [3.05, 3.63) is 0 Å². The second kappa shape index (κ2) is 6.36. The van der Waals surface area contributed by atoms with Crippen LogP contribution in [0, 0.1) is 0 Å². The number of hydrogen-bond donors (Lipinski definition) is 3. The lowest BCUT2D eigenvalue weighted by atomic mass is 10.0. The normalized spacial score (nSPS) is 11.1. The summed E-state index contributed by atoms with van der Waals surface area (Å²) in [6, 6.07) is 0. The topological polar surface area (TPSA) is 104 Å². The molecule has 0 unspecified atom stereocenters. The van der Waals surface area contributed by atoms with Gasteiger partial charge in [-0.25, -0.2) is 0 Å². The quantitative estimate of drug-likeness (QED) is 0.314. The fraction of sp³-hybridized carbons (Fsp3) is 0.778. The number of methoxy groups -OCH3 is 1. The number of hydrogen-bond acceptors (Lipinski definition) is 5. The molecule has 0 aromatic carbocycles. The smallest absolute Gasteiger partial charge is 0.310 e. The fourth-order valence-electron chi connectivity index (χ4n) is 1.08. The Labute approximate surface area is 87.5 Å². The molecular formula is C9H16O6. The number of carbonyl (C=O) groups excluding carboxylic acids is 1. The minimum Gasteiger partial charge on any atom is -0.481 e. The van der Waals surface area contributed by atoms with Gasteiger partial charge in [0.05, 0.1) is 13.5 Å². The van der Waals surface area contributed by atoms with Crippen molar-refractivity contribution in [2.75, 3.05) is 7.11 Å². The van der Waals surface area contributed by atoms with Gasteiger partial charge in [0.2, 0.25) is 0 Å². The highest BCUT2D eigenvalue weighted by Gasteiger charge is 2.26. The standard InChI is InChI=1S/C9H16O6/c1-15-8(12)6-9(13,14)5-3-2-4-7(10)11/h13-14H,2-6H2,1H3,(H,10,11). The molecule has 0 heterocycles. The van der Waals surface area contributed by atoms with E-state index in [4.69, 9.17) is 5.11 Å². The summed E-state index contributed by atoms with van der Waals surface area (Å²) in [6.45, 7) is 0. The first kappa shape index (κ1) is 13.9. The molecule has 6 nitrogen and oxygen atoms in total. The monoisotopic (exact) mass is 220 g/mol. The van der Waals surface area contributed by atoms with Crippen molar-refractivity contribution in [2.45, 2.75) is 37.9 Å². The van der Waals surface area contributed by atoms with Crippen molar-refractivity contribution in [2.24, 2.45) is 0 Å². The summed E-state index contributed by atoms with van der Waals surface area (Å²) in [4.78, 5) is 20.9. The van der Waals surface area contributed by atoms with E-state index in [1.807, 2.05) is 0 Å². The number of carbonyl (C=O) groups is 2. The summed E-state index contributed by atoms with van der Waals surface area (Å²) in [5.41, 5.74) is 0. The van der Waals surface area contributed by atoms with Crippen molar-refractivity contribution < 1.29 is 29.6 Å². The van der Waals surface area contributed by atoms with E-state index in [0.29, 0.717) is 12.8 Å². The number of esters is 1. The van der Waals surface area contributed by atoms with E-state index in [1.165, 1.54) is 0 Å². The van der Waals surface area contributed by atoms with Crippen molar-refractivity contribution in [1.82, 2.24) is 0 Å². The number of aliphatic hydroxyl groups is 2. The van der Waals surface area contributed by atoms with E-state index in [0.717, 1.165) is 7.11 Å². The molecule has 0 atom stereocenters. The highest BCUT2D eigenvalue weighted by atomic mass is 16.5. The largest absolute Gasteiger partial charge is 0.481 e. The predicted molar refractivity (Wildman–Crippen MR) is 49.9 cm³/mol. The lowest BCUT2D eigenvalue weighted by Gasteiger charge is -2.19. The van der Waals surface area contributed by atoms with Crippen LogP contribution in [0.3, 0.4) is 0 Å². The van der Waals surface area contributed by atoms with Crippen LogP contribution in [0.4, 0.5) is 0 Å². The Morgan fingerprint density at radius 2 is 1.87 bits per heavy atom. The van der Waals surface area contributed by atoms with Gasteiger partial charge < -0.3 is 20.1 Å². The SMILES string of the molecule is COC(=O)CC(O)(O)CCCCC(=O)O. The van der Waals surface area contributed by atoms with Crippen LogP contribution in [-0.2, 0) is 14.3 Å². The molecule has 0 fully saturated rings. The number of unbranched alkanes of at least 4 members (excludes halogenated alkanes) is 1. The summed E-state index contributed by atoms with van der Waals surface area (Å²) >= 11 is 0. The number of carboxylic acids is 1. The molecule has 0 saturated heterocycles. The van der Waals surface area contributed by atoms with Crippen molar-refractivity contribution in [1.29, 1.82) is 0 Å². The lowest BCUT2D eigenvalue weighted by molar-refractivity contribution is -0.186. The van der Waals surface area contributed by atoms with Crippen LogP contribution in [0.15, 0.2) is 0 Å². The molecule has 0 aromatic heterocycles. The summed E-state index contributed by atoms with van der Waals surface area (Å²) in [6.07, 6.45) is 0.107. The molecule has 3 N–H and O–H groups in total. The Morgan fingerprint density at radius 1 is 1.27 bits per heavy atom. The maximum absolute atomic E-state index is 10.7. The Morgan fingerprint density at radius 3 is 2.33 bits per heavy atom. The van der Waals surface area contributed by atoms with E-state index in [9.17, 15) is 19.8 Å². The molecule has 0 aliphatic rings. The number of ether oxygens (including phenoxy) is 1. The van der Waals surface area contributed by atoms with Crippen LogP contribution in [0.25, 0.3) is 0 Å². The van der Waals surface area contributed by atoms with E-state index in [-0.39, 0.29) is 12.8 Å². The summed E-state index contributed by atoms with van der Waals surface area (Å²) < 4.78 is 4.28. The third-order valence-corrected chi connectivity index (χ3v) is 1.87. The maximum atomic E-state index is 10.7. The van der Waals surface area contributed by atoms with Gasteiger partial charge in [-0.3, -0.25) is 9.59 Å². The Balaban J connectivity index is 3.73. The molecule has 0 spiro atoms. The zero-order chi connectivity index (χ0) is 11.9. The Kier molecular flexibility index (Phi) is 5.88. The van der Waals surface area contributed by atoms with Gasteiger partial charge in [0.1, 0.15) is 0 Å². The average Bonchev–Trinajstić information content (AvgIpc) is 2.11. The van der Waals surface area contributed by atoms with Gasteiger partial charge in [0.25, 0.3) is 0 Å². The van der Waals surface area contributed by atoms with Gasteiger partial charge in [0, 0.05) is 12.8 Å². The molecule has 0 rings (SSSR count). The van der Waals surface area contributed by atoms with E-state index in [2.05, 4.69) is 4.74 Å². The number of rotatable bonds is 7. The number of aliphatic carboxylic acids is 1. The highest BCUT2D eigenvalue weighted by molar-refractivity contribution is 5.70. The van der Waals surface area contributed by atoms with Crippen LogP contribution in [0.1, 0.15) is 32.1 Å². The van der Waals surface area contributed by atoms with Crippen LogP contribution in [0.2, 0.25) is 0 Å². The molecule has 0 aliphatic carbocycles. The maximum Gasteiger partial charge on any atom is 0.310 e. The van der Waals surface area contributed by atoms with Crippen molar-refractivity contribution in [3.8, 4) is 0 Å². The summed E-state index contributed by atoms with van der Waals surface area (Å²) in [5, 5.41) is 26.9. The average molecular weight is 220 g/mol. The Hall–Kier alpha value is -1.14. The molecule has 0 amide bonds. The van der Waals surface area contributed by atoms with Crippen LogP contribution in [-0.4, -0.2) is 40.2 Å². The lowest BCUT2D eigenvalue weighted by Crippen LogP contribution is -2.31. The van der Waals surface area contributed by atoms with Gasteiger partial charge in [0.15, 0.2) is 5.79 Å².